The van der Waals surface area contributed by atoms with E-state index in [1.165, 1.54) is 36.1 Å². The number of anilines is 1. The highest BCUT2D eigenvalue weighted by atomic mass is 16.2. The molecular formula is C39H46N4O. The van der Waals surface area contributed by atoms with Gasteiger partial charge in [0.05, 0.1) is 0 Å². The monoisotopic (exact) mass is 586 g/mol. The Morgan fingerprint density at radius 3 is 2.07 bits per heavy atom. The first-order valence-electron chi connectivity index (χ1n) is 16.5. The predicted molar refractivity (Wildman–Crippen MR) is 180 cm³/mol. The van der Waals surface area contributed by atoms with Crippen molar-refractivity contribution in [2.24, 2.45) is 0 Å². The van der Waals surface area contributed by atoms with Gasteiger partial charge in [-0.3, -0.25) is 14.7 Å². The van der Waals surface area contributed by atoms with E-state index in [2.05, 4.69) is 99.4 Å². The number of amides is 1. The summed E-state index contributed by atoms with van der Waals surface area (Å²) in [5, 5.41) is 0. The molecule has 0 radical (unpaired) electrons. The molecular weight excluding hydrogens is 540 g/mol. The number of piperazine rings is 1. The minimum Gasteiger partial charge on any atom is -0.369 e. The summed E-state index contributed by atoms with van der Waals surface area (Å²) in [5.41, 5.74) is 7.08. The molecule has 1 saturated carbocycles. The second-order valence-corrected chi connectivity index (χ2v) is 12.5. The highest BCUT2D eigenvalue weighted by Gasteiger charge is 2.29. The fourth-order valence-corrected chi connectivity index (χ4v) is 7.22. The number of carbonyl (C=O) groups excluding carboxylic acids is 1. The first-order valence-corrected chi connectivity index (χ1v) is 16.5. The molecule has 228 valence electrons. The number of benzene rings is 3. The van der Waals surface area contributed by atoms with Crippen LogP contribution in [0.2, 0.25) is 0 Å². The fraction of sp³-hybridized carbons (Fsp3) is 0.385. The van der Waals surface area contributed by atoms with Crippen LogP contribution in [0.5, 0.6) is 0 Å². The number of pyridine rings is 1. The molecule has 0 unspecified atom stereocenters. The van der Waals surface area contributed by atoms with Gasteiger partial charge in [-0.25, -0.2) is 0 Å². The summed E-state index contributed by atoms with van der Waals surface area (Å²) in [7, 11) is 0. The molecule has 0 bridgehead atoms. The van der Waals surface area contributed by atoms with Crippen molar-refractivity contribution in [2.75, 3.05) is 37.6 Å². The zero-order chi connectivity index (χ0) is 30.1. The summed E-state index contributed by atoms with van der Waals surface area (Å²) >= 11 is 0. The maximum absolute atomic E-state index is 14.2. The molecule has 4 aromatic rings. The minimum atomic E-state index is 0.166. The van der Waals surface area contributed by atoms with E-state index in [1.54, 1.807) is 0 Å². The number of hydrogen-bond donors (Lipinski definition) is 0. The Morgan fingerprint density at radius 2 is 1.43 bits per heavy atom. The van der Waals surface area contributed by atoms with Gasteiger partial charge in [0.1, 0.15) is 0 Å². The Kier molecular flexibility index (Phi) is 10.0. The van der Waals surface area contributed by atoms with E-state index in [-0.39, 0.29) is 5.91 Å². The van der Waals surface area contributed by atoms with Crippen molar-refractivity contribution in [1.29, 1.82) is 0 Å². The molecule has 44 heavy (non-hydrogen) atoms. The Morgan fingerprint density at radius 1 is 0.795 bits per heavy atom. The van der Waals surface area contributed by atoms with Crippen molar-refractivity contribution in [3.8, 4) is 0 Å². The number of hydrogen-bond acceptors (Lipinski definition) is 4. The summed E-state index contributed by atoms with van der Waals surface area (Å²) < 4.78 is 0. The van der Waals surface area contributed by atoms with Crippen molar-refractivity contribution < 1.29 is 4.79 Å². The second kappa shape index (κ2) is 14.7. The van der Waals surface area contributed by atoms with Gasteiger partial charge in [-0.15, -0.1) is 0 Å². The Bertz CT molecular complexity index is 1420. The lowest BCUT2D eigenvalue weighted by Crippen LogP contribution is -2.47. The van der Waals surface area contributed by atoms with Gasteiger partial charge in [0.15, 0.2) is 0 Å². The first-order chi connectivity index (χ1) is 21.7. The lowest BCUT2D eigenvalue weighted by atomic mass is 9.88. The molecule has 1 amide bonds. The molecule has 0 spiro atoms. The van der Waals surface area contributed by atoms with Crippen molar-refractivity contribution in [1.82, 2.24) is 14.8 Å². The summed E-state index contributed by atoms with van der Waals surface area (Å²) in [4.78, 5) is 25.7. The molecule has 2 fully saturated rings. The summed E-state index contributed by atoms with van der Waals surface area (Å²) in [6.07, 6.45) is 10.6. The van der Waals surface area contributed by atoms with E-state index >= 15 is 0 Å². The SMILES string of the molecule is Cc1c(C(=O)N(Cc2ccncc2)C2CCCCC2)cccc1N1CCN(CCC(c2ccccc2)c2ccccc2)CC1. The number of aromatic nitrogens is 1. The van der Waals surface area contributed by atoms with Crippen LogP contribution < -0.4 is 4.90 Å². The molecule has 5 nitrogen and oxygen atoms in total. The zero-order valence-electron chi connectivity index (χ0n) is 26.2. The molecule has 5 heteroatoms. The van der Waals surface area contributed by atoms with Crippen LogP contribution in [0.15, 0.2) is 103 Å². The Balaban J connectivity index is 1.12. The van der Waals surface area contributed by atoms with Crippen molar-refractivity contribution in [3.05, 3.63) is 131 Å². The van der Waals surface area contributed by atoms with Gasteiger partial charge in [0, 0.05) is 68.3 Å². The number of nitrogens with zero attached hydrogens (tertiary/aromatic N) is 4. The average Bonchev–Trinajstić information content (AvgIpc) is 3.09. The molecule has 1 saturated heterocycles. The zero-order valence-corrected chi connectivity index (χ0v) is 26.2. The quantitative estimate of drug-likeness (QED) is 0.191. The standard InChI is InChI=1S/C39H46N4O/c1-31-36(39(44)43(35-16-9-4-10-17-35)30-32-20-23-40-24-21-32)18-11-19-38(31)42-28-26-41(27-29-42)25-22-37(33-12-5-2-6-13-33)34-14-7-3-8-15-34/h2-3,5-8,11-15,18-21,23-24,35,37H,4,9-10,16-17,22,25-30H2,1H3. The number of carbonyl (C=O) groups is 1. The van der Waals surface area contributed by atoms with Gasteiger partial charge < -0.3 is 9.80 Å². The maximum Gasteiger partial charge on any atom is 0.254 e. The molecule has 0 N–H and O–H groups in total. The Hall–Kier alpha value is -3.96. The van der Waals surface area contributed by atoms with Crippen molar-refractivity contribution >= 4 is 11.6 Å². The largest absolute Gasteiger partial charge is 0.369 e. The fourth-order valence-electron chi connectivity index (χ4n) is 7.22. The Labute approximate surface area is 263 Å². The van der Waals surface area contributed by atoms with Crippen LogP contribution in [0.3, 0.4) is 0 Å². The van der Waals surface area contributed by atoms with Gasteiger partial charge in [-0.1, -0.05) is 86.0 Å². The third kappa shape index (κ3) is 7.22. The van der Waals surface area contributed by atoms with Crippen LogP contribution in [0, 0.1) is 6.92 Å². The van der Waals surface area contributed by atoms with Gasteiger partial charge in [-0.05, 0) is 79.3 Å². The first kappa shape index (κ1) is 30.1. The van der Waals surface area contributed by atoms with Crippen LogP contribution >= 0.6 is 0 Å². The topological polar surface area (TPSA) is 39.7 Å². The van der Waals surface area contributed by atoms with E-state index in [4.69, 9.17) is 0 Å². The predicted octanol–water partition coefficient (Wildman–Crippen LogP) is 7.71. The van der Waals surface area contributed by atoms with E-state index in [0.717, 1.165) is 68.7 Å². The molecule has 6 rings (SSSR count). The highest BCUT2D eigenvalue weighted by molar-refractivity contribution is 5.97. The molecule has 1 aliphatic heterocycles. The molecule has 3 aromatic carbocycles. The maximum atomic E-state index is 14.2. The van der Waals surface area contributed by atoms with Crippen LogP contribution in [-0.4, -0.2) is 59.5 Å². The molecule has 0 atom stereocenters. The third-order valence-corrected chi connectivity index (χ3v) is 9.77. The van der Waals surface area contributed by atoms with E-state index < -0.39 is 0 Å². The van der Waals surface area contributed by atoms with E-state index in [9.17, 15) is 4.79 Å². The lowest BCUT2D eigenvalue weighted by molar-refractivity contribution is 0.0613. The van der Waals surface area contributed by atoms with Crippen LogP contribution in [0.4, 0.5) is 5.69 Å². The average molecular weight is 587 g/mol. The molecule has 2 heterocycles. The van der Waals surface area contributed by atoms with Crippen LogP contribution in [-0.2, 0) is 6.54 Å². The van der Waals surface area contributed by atoms with E-state index in [0.29, 0.717) is 18.5 Å². The molecule has 2 aliphatic rings. The lowest BCUT2D eigenvalue weighted by Gasteiger charge is -2.38. The summed E-state index contributed by atoms with van der Waals surface area (Å²) in [6, 6.07) is 32.5. The normalized spacial score (nSPS) is 16.3. The molecule has 1 aliphatic carbocycles. The van der Waals surface area contributed by atoms with E-state index in [1.807, 2.05) is 30.6 Å². The highest BCUT2D eigenvalue weighted by Crippen LogP contribution is 2.31. The summed E-state index contributed by atoms with van der Waals surface area (Å²) in [5.74, 6) is 0.569. The third-order valence-electron chi connectivity index (χ3n) is 9.77. The molecule has 1 aromatic heterocycles. The van der Waals surface area contributed by atoms with Gasteiger partial charge in [0.25, 0.3) is 5.91 Å². The second-order valence-electron chi connectivity index (χ2n) is 12.5. The van der Waals surface area contributed by atoms with Crippen molar-refractivity contribution in [3.63, 3.8) is 0 Å². The van der Waals surface area contributed by atoms with Crippen LogP contribution in [0.1, 0.15) is 77.1 Å². The smallest absolute Gasteiger partial charge is 0.254 e. The summed E-state index contributed by atoms with van der Waals surface area (Å²) in [6.45, 7) is 7.87. The van der Waals surface area contributed by atoms with Gasteiger partial charge >= 0.3 is 0 Å². The number of rotatable bonds is 10. The minimum absolute atomic E-state index is 0.166. The van der Waals surface area contributed by atoms with Crippen molar-refractivity contribution in [2.45, 2.75) is 64.0 Å². The van der Waals surface area contributed by atoms with Gasteiger partial charge in [-0.2, -0.15) is 0 Å². The van der Waals surface area contributed by atoms with Crippen LogP contribution in [0.25, 0.3) is 0 Å². The van der Waals surface area contributed by atoms with Gasteiger partial charge in [0.2, 0.25) is 0 Å².